The fraction of sp³-hybridized carbons (Fsp3) is 0.611. The fourth-order valence-corrected chi connectivity index (χ4v) is 2.62. The first-order valence-corrected chi connectivity index (χ1v) is 8.33. The summed E-state index contributed by atoms with van der Waals surface area (Å²) in [6.45, 7) is 10.4. The Bertz CT molecular complexity index is 519. The summed E-state index contributed by atoms with van der Waals surface area (Å²) in [4.78, 5) is 14.3. The van der Waals surface area contributed by atoms with Gasteiger partial charge in [-0.05, 0) is 38.8 Å². The number of nitrogens with zero attached hydrogens (tertiary/aromatic N) is 1. The van der Waals surface area contributed by atoms with Crippen LogP contribution >= 0.6 is 0 Å². The fourth-order valence-electron chi connectivity index (χ4n) is 2.62. The van der Waals surface area contributed by atoms with Gasteiger partial charge in [0.1, 0.15) is 0 Å². The minimum Gasteiger partial charge on any atom is -0.375 e. The SMILES string of the molecule is CC(C)OCc1ccccc1CNC(=O)N1CCO[C@@H](C)[C@@H]1C. The molecule has 0 bridgehead atoms. The second kappa shape index (κ2) is 8.31. The molecule has 2 amide bonds. The Hall–Kier alpha value is -1.59. The van der Waals surface area contributed by atoms with Gasteiger partial charge < -0.3 is 19.7 Å². The highest BCUT2D eigenvalue weighted by atomic mass is 16.5. The third-order valence-corrected chi connectivity index (χ3v) is 4.27. The Labute approximate surface area is 139 Å². The lowest BCUT2D eigenvalue weighted by Gasteiger charge is -2.37. The molecular formula is C18H28N2O3. The minimum atomic E-state index is -0.0350. The molecule has 0 saturated carbocycles. The van der Waals surface area contributed by atoms with E-state index in [1.165, 1.54) is 0 Å². The van der Waals surface area contributed by atoms with Crippen LogP contribution in [0.5, 0.6) is 0 Å². The van der Waals surface area contributed by atoms with Crippen molar-refractivity contribution in [3.8, 4) is 0 Å². The first kappa shape index (κ1) is 17.8. The van der Waals surface area contributed by atoms with Gasteiger partial charge in [0, 0.05) is 13.1 Å². The first-order chi connectivity index (χ1) is 11.0. The smallest absolute Gasteiger partial charge is 0.318 e. The minimum absolute atomic E-state index is 0.0350. The van der Waals surface area contributed by atoms with E-state index in [1.54, 1.807) is 0 Å². The molecule has 0 aliphatic carbocycles. The standard InChI is InChI=1S/C18H28N2O3/c1-13(2)23-12-17-8-6-5-7-16(17)11-19-18(21)20-9-10-22-15(4)14(20)3/h5-8,13-15H,9-12H2,1-4H3,(H,19,21)/t14-,15-/m0/s1. The van der Waals surface area contributed by atoms with Crippen molar-refractivity contribution in [2.75, 3.05) is 13.2 Å². The molecule has 2 rings (SSSR count). The third kappa shape index (κ3) is 4.94. The maximum absolute atomic E-state index is 12.4. The zero-order valence-electron chi connectivity index (χ0n) is 14.5. The summed E-state index contributed by atoms with van der Waals surface area (Å²) >= 11 is 0. The zero-order chi connectivity index (χ0) is 16.8. The number of carbonyl (C=O) groups excluding carboxylic acids is 1. The van der Waals surface area contributed by atoms with Crippen molar-refractivity contribution in [2.24, 2.45) is 0 Å². The van der Waals surface area contributed by atoms with Crippen LogP contribution in [0.1, 0.15) is 38.8 Å². The molecule has 0 radical (unpaired) electrons. The predicted octanol–water partition coefficient (Wildman–Crippen LogP) is 2.93. The van der Waals surface area contributed by atoms with E-state index in [1.807, 2.05) is 56.9 Å². The van der Waals surface area contributed by atoms with E-state index in [2.05, 4.69) is 5.32 Å². The molecule has 1 heterocycles. The van der Waals surface area contributed by atoms with Crippen molar-refractivity contribution in [1.29, 1.82) is 0 Å². The van der Waals surface area contributed by atoms with E-state index in [0.29, 0.717) is 26.3 Å². The van der Waals surface area contributed by atoms with Crippen LogP contribution in [0.25, 0.3) is 0 Å². The van der Waals surface area contributed by atoms with Gasteiger partial charge in [0.2, 0.25) is 0 Å². The Morgan fingerprint density at radius 2 is 2.04 bits per heavy atom. The summed E-state index contributed by atoms with van der Waals surface area (Å²) in [5.41, 5.74) is 2.21. The number of hydrogen-bond acceptors (Lipinski definition) is 3. The molecule has 1 aliphatic rings. The van der Waals surface area contributed by atoms with Gasteiger partial charge in [0.05, 0.1) is 31.5 Å². The second-order valence-corrected chi connectivity index (χ2v) is 6.30. The molecule has 23 heavy (non-hydrogen) atoms. The molecule has 0 spiro atoms. The molecule has 1 aromatic rings. The number of nitrogens with one attached hydrogen (secondary N) is 1. The van der Waals surface area contributed by atoms with Gasteiger partial charge >= 0.3 is 6.03 Å². The number of hydrogen-bond donors (Lipinski definition) is 1. The van der Waals surface area contributed by atoms with Crippen molar-refractivity contribution in [3.63, 3.8) is 0 Å². The number of carbonyl (C=O) groups is 1. The van der Waals surface area contributed by atoms with Gasteiger partial charge in [-0.2, -0.15) is 0 Å². The normalized spacial score (nSPS) is 21.5. The lowest BCUT2D eigenvalue weighted by atomic mass is 10.1. The lowest BCUT2D eigenvalue weighted by Crippen LogP contribution is -2.54. The Balaban J connectivity index is 1.93. The molecule has 2 atom stereocenters. The molecule has 5 nitrogen and oxygen atoms in total. The topological polar surface area (TPSA) is 50.8 Å². The molecule has 0 unspecified atom stereocenters. The quantitative estimate of drug-likeness (QED) is 0.907. The summed E-state index contributed by atoms with van der Waals surface area (Å²) in [5.74, 6) is 0. The van der Waals surface area contributed by atoms with E-state index >= 15 is 0 Å². The highest BCUT2D eigenvalue weighted by Gasteiger charge is 2.28. The van der Waals surface area contributed by atoms with Crippen LogP contribution in [0, 0.1) is 0 Å². The van der Waals surface area contributed by atoms with Crippen LogP contribution in [0.3, 0.4) is 0 Å². The predicted molar refractivity (Wildman–Crippen MR) is 90.2 cm³/mol. The largest absolute Gasteiger partial charge is 0.375 e. The third-order valence-electron chi connectivity index (χ3n) is 4.27. The van der Waals surface area contributed by atoms with Crippen LogP contribution < -0.4 is 5.32 Å². The van der Waals surface area contributed by atoms with Gasteiger partial charge in [-0.25, -0.2) is 4.79 Å². The molecule has 1 aliphatic heterocycles. The van der Waals surface area contributed by atoms with Crippen LogP contribution in [-0.2, 0) is 22.6 Å². The Kier molecular flexibility index (Phi) is 6.42. The molecule has 1 saturated heterocycles. The zero-order valence-corrected chi connectivity index (χ0v) is 14.5. The number of ether oxygens (including phenoxy) is 2. The molecule has 1 aromatic carbocycles. The van der Waals surface area contributed by atoms with Crippen molar-refractivity contribution >= 4 is 6.03 Å². The summed E-state index contributed by atoms with van der Waals surface area (Å²) in [6.07, 6.45) is 0.259. The number of amides is 2. The second-order valence-electron chi connectivity index (χ2n) is 6.30. The van der Waals surface area contributed by atoms with Crippen LogP contribution in [0.4, 0.5) is 4.79 Å². The molecule has 0 aromatic heterocycles. The van der Waals surface area contributed by atoms with Crippen LogP contribution in [-0.4, -0.2) is 42.3 Å². The monoisotopic (exact) mass is 320 g/mol. The van der Waals surface area contributed by atoms with Crippen molar-refractivity contribution < 1.29 is 14.3 Å². The molecular weight excluding hydrogens is 292 g/mol. The van der Waals surface area contributed by atoms with E-state index in [0.717, 1.165) is 11.1 Å². The molecule has 1 fully saturated rings. The lowest BCUT2D eigenvalue weighted by molar-refractivity contribution is -0.0376. The average molecular weight is 320 g/mol. The summed E-state index contributed by atoms with van der Waals surface area (Å²) in [7, 11) is 0. The summed E-state index contributed by atoms with van der Waals surface area (Å²) in [6, 6.07) is 8.11. The van der Waals surface area contributed by atoms with Gasteiger partial charge in [-0.15, -0.1) is 0 Å². The first-order valence-electron chi connectivity index (χ1n) is 8.33. The van der Waals surface area contributed by atoms with Gasteiger partial charge in [-0.3, -0.25) is 0 Å². The van der Waals surface area contributed by atoms with Gasteiger partial charge in [-0.1, -0.05) is 24.3 Å². The summed E-state index contributed by atoms with van der Waals surface area (Å²) in [5, 5.41) is 3.02. The number of benzene rings is 1. The van der Waals surface area contributed by atoms with E-state index in [-0.39, 0.29) is 24.3 Å². The maximum Gasteiger partial charge on any atom is 0.318 e. The highest BCUT2D eigenvalue weighted by Crippen LogP contribution is 2.15. The molecule has 128 valence electrons. The highest BCUT2D eigenvalue weighted by molar-refractivity contribution is 5.74. The van der Waals surface area contributed by atoms with Crippen molar-refractivity contribution in [2.45, 2.75) is 59.1 Å². The Morgan fingerprint density at radius 3 is 2.74 bits per heavy atom. The van der Waals surface area contributed by atoms with Gasteiger partial charge in [0.25, 0.3) is 0 Å². The van der Waals surface area contributed by atoms with E-state index in [9.17, 15) is 4.79 Å². The number of morpholine rings is 1. The van der Waals surface area contributed by atoms with Crippen molar-refractivity contribution in [3.05, 3.63) is 35.4 Å². The number of rotatable bonds is 5. The maximum atomic E-state index is 12.4. The van der Waals surface area contributed by atoms with Crippen LogP contribution in [0.15, 0.2) is 24.3 Å². The van der Waals surface area contributed by atoms with Crippen LogP contribution in [0.2, 0.25) is 0 Å². The van der Waals surface area contributed by atoms with E-state index in [4.69, 9.17) is 9.47 Å². The molecule has 5 heteroatoms. The average Bonchev–Trinajstić information content (AvgIpc) is 2.54. The van der Waals surface area contributed by atoms with E-state index < -0.39 is 0 Å². The Morgan fingerprint density at radius 1 is 1.35 bits per heavy atom. The van der Waals surface area contributed by atoms with Crippen molar-refractivity contribution in [1.82, 2.24) is 10.2 Å². The number of urea groups is 1. The summed E-state index contributed by atoms with van der Waals surface area (Å²) < 4.78 is 11.3. The van der Waals surface area contributed by atoms with Gasteiger partial charge in [0.15, 0.2) is 0 Å². The molecule has 1 N–H and O–H groups in total.